The van der Waals surface area contributed by atoms with Crippen LogP contribution in [0.1, 0.15) is 17.1 Å². The molecule has 1 aromatic carbocycles. The summed E-state index contributed by atoms with van der Waals surface area (Å²) in [4.78, 5) is 28.6. The molecule has 0 aliphatic rings. The van der Waals surface area contributed by atoms with E-state index in [1.165, 1.54) is 11.3 Å². The molecule has 2 heterocycles. The third kappa shape index (κ3) is 3.19. The Balaban J connectivity index is 1.65. The number of imidazole rings is 1. The predicted molar refractivity (Wildman–Crippen MR) is 90.5 cm³/mol. The van der Waals surface area contributed by atoms with Gasteiger partial charge in [0.1, 0.15) is 5.01 Å². The van der Waals surface area contributed by atoms with E-state index in [0.29, 0.717) is 13.1 Å². The zero-order chi connectivity index (χ0) is 16.4. The van der Waals surface area contributed by atoms with E-state index < -0.39 is 0 Å². The maximum Gasteiger partial charge on any atom is 0.328 e. The van der Waals surface area contributed by atoms with E-state index in [-0.39, 0.29) is 18.0 Å². The van der Waals surface area contributed by atoms with Crippen molar-refractivity contribution in [2.24, 2.45) is 7.05 Å². The zero-order valence-corrected chi connectivity index (χ0v) is 13.9. The Labute approximate surface area is 137 Å². The molecule has 0 bridgehead atoms. The fourth-order valence-corrected chi connectivity index (χ4v) is 3.25. The van der Waals surface area contributed by atoms with Crippen molar-refractivity contribution in [3.8, 4) is 0 Å². The number of fused-ring (bicyclic) bond motifs is 1. The SMILES string of the molecule is Cc1csc(CNC(=O)CCn2c(=O)n(C)c3ccccc32)n1. The lowest BCUT2D eigenvalue weighted by molar-refractivity contribution is -0.121. The summed E-state index contributed by atoms with van der Waals surface area (Å²) in [5.41, 5.74) is 2.58. The zero-order valence-electron chi connectivity index (χ0n) is 13.1. The van der Waals surface area contributed by atoms with Crippen molar-refractivity contribution >= 4 is 28.3 Å². The van der Waals surface area contributed by atoms with Crippen molar-refractivity contribution in [1.82, 2.24) is 19.4 Å². The largest absolute Gasteiger partial charge is 0.350 e. The molecular formula is C16H18N4O2S. The highest BCUT2D eigenvalue weighted by atomic mass is 32.1. The molecule has 0 atom stereocenters. The lowest BCUT2D eigenvalue weighted by Gasteiger charge is -2.04. The van der Waals surface area contributed by atoms with Crippen molar-refractivity contribution < 1.29 is 4.79 Å². The quantitative estimate of drug-likeness (QED) is 0.776. The summed E-state index contributed by atoms with van der Waals surface area (Å²) < 4.78 is 3.24. The van der Waals surface area contributed by atoms with Gasteiger partial charge in [0.15, 0.2) is 0 Å². The second-order valence-corrected chi connectivity index (χ2v) is 6.33. The maximum atomic E-state index is 12.3. The Morgan fingerprint density at radius 2 is 2.04 bits per heavy atom. The van der Waals surface area contributed by atoms with Crippen LogP contribution in [0.4, 0.5) is 0 Å². The number of hydrogen-bond acceptors (Lipinski definition) is 4. The number of carbonyl (C=O) groups is 1. The molecule has 0 fully saturated rings. The summed E-state index contributed by atoms with van der Waals surface area (Å²) in [7, 11) is 1.74. The molecule has 23 heavy (non-hydrogen) atoms. The number of para-hydroxylation sites is 2. The molecule has 0 saturated heterocycles. The lowest BCUT2D eigenvalue weighted by Crippen LogP contribution is -2.27. The smallest absolute Gasteiger partial charge is 0.328 e. The van der Waals surface area contributed by atoms with Gasteiger partial charge in [-0.25, -0.2) is 9.78 Å². The van der Waals surface area contributed by atoms with Gasteiger partial charge >= 0.3 is 5.69 Å². The van der Waals surface area contributed by atoms with Crippen LogP contribution in [0.15, 0.2) is 34.4 Å². The molecule has 0 saturated carbocycles. The number of benzene rings is 1. The van der Waals surface area contributed by atoms with Crippen LogP contribution >= 0.6 is 11.3 Å². The summed E-state index contributed by atoms with van der Waals surface area (Å²) in [6.07, 6.45) is 0.262. The lowest BCUT2D eigenvalue weighted by atomic mass is 10.3. The number of amides is 1. The molecule has 1 N–H and O–H groups in total. The minimum absolute atomic E-state index is 0.0855. The summed E-state index contributed by atoms with van der Waals surface area (Å²) >= 11 is 1.53. The van der Waals surface area contributed by atoms with Gasteiger partial charge in [-0.05, 0) is 19.1 Å². The Bertz CT molecular complexity index is 906. The molecule has 0 unspecified atom stereocenters. The van der Waals surface area contributed by atoms with Gasteiger partial charge in [0.2, 0.25) is 5.91 Å². The summed E-state index contributed by atoms with van der Waals surface area (Å²) in [6, 6.07) is 7.59. The first-order valence-corrected chi connectivity index (χ1v) is 8.26. The Hall–Kier alpha value is -2.41. The monoisotopic (exact) mass is 330 g/mol. The fraction of sp³-hybridized carbons (Fsp3) is 0.312. The molecule has 2 aromatic heterocycles. The summed E-state index contributed by atoms with van der Waals surface area (Å²) in [5, 5.41) is 5.69. The Kier molecular flexibility index (Phi) is 4.29. The van der Waals surface area contributed by atoms with Gasteiger partial charge in [0.05, 0.1) is 17.6 Å². The third-order valence-electron chi connectivity index (χ3n) is 3.72. The molecule has 0 spiro atoms. The molecule has 120 valence electrons. The van der Waals surface area contributed by atoms with Crippen LogP contribution in [0.5, 0.6) is 0 Å². The van der Waals surface area contributed by atoms with E-state index in [2.05, 4.69) is 10.3 Å². The number of rotatable bonds is 5. The summed E-state index contributed by atoms with van der Waals surface area (Å²) in [6.45, 7) is 2.72. The van der Waals surface area contributed by atoms with Crippen LogP contribution in [0.3, 0.4) is 0 Å². The van der Waals surface area contributed by atoms with Crippen LogP contribution in [-0.2, 0) is 24.9 Å². The van der Waals surface area contributed by atoms with Crippen LogP contribution < -0.4 is 11.0 Å². The molecule has 6 nitrogen and oxygen atoms in total. The Morgan fingerprint density at radius 1 is 1.30 bits per heavy atom. The van der Waals surface area contributed by atoms with Gasteiger partial charge in [-0.2, -0.15) is 0 Å². The van der Waals surface area contributed by atoms with Crippen LogP contribution in [0.25, 0.3) is 11.0 Å². The minimum atomic E-state index is -0.102. The van der Waals surface area contributed by atoms with Gasteiger partial charge in [-0.3, -0.25) is 13.9 Å². The number of nitrogens with one attached hydrogen (secondary N) is 1. The van der Waals surface area contributed by atoms with E-state index in [9.17, 15) is 9.59 Å². The molecule has 3 aromatic rings. The van der Waals surface area contributed by atoms with Gasteiger partial charge in [-0.1, -0.05) is 12.1 Å². The number of thiazole rings is 1. The standard InChI is InChI=1S/C16H18N4O2S/c1-11-10-23-15(18-11)9-17-14(21)7-8-20-13-6-4-3-5-12(13)19(2)16(20)22/h3-6,10H,7-9H2,1-2H3,(H,17,21). The maximum absolute atomic E-state index is 12.3. The van der Waals surface area contributed by atoms with E-state index in [1.54, 1.807) is 16.2 Å². The van der Waals surface area contributed by atoms with Crippen LogP contribution in [-0.4, -0.2) is 20.0 Å². The molecular weight excluding hydrogens is 312 g/mol. The van der Waals surface area contributed by atoms with Gasteiger partial charge < -0.3 is 5.32 Å². The van der Waals surface area contributed by atoms with Crippen molar-refractivity contribution in [1.29, 1.82) is 0 Å². The number of carbonyl (C=O) groups excluding carboxylic acids is 1. The average Bonchev–Trinajstić information content (AvgIpc) is 3.07. The summed E-state index contributed by atoms with van der Waals surface area (Å²) in [5.74, 6) is -0.0855. The topological polar surface area (TPSA) is 68.9 Å². The first kappa shape index (κ1) is 15.5. The highest BCUT2D eigenvalue weighted by molar-refractivity contribution is 7.09. The highest BCUT2D eigenvalue weighted by Gasteiger charge is 2.11. The number of aryl methyl sites for hydroxylation is 3. The van der Waals surface area contributed by atoms with E-state index in [1.807, 2.05) is 36.6 Å². The van der Waals surface area contributed by atoms with Crippen molar-refractivity contribution in [2.45, 2.75) is 26.4 Å². The highest BCUT2D eigenvalue weighted by Crippen LogP contribution is 2.12. The number of aromatic nitrogens is 3. The van der Waals surface area contributed by atoms with Gasteiger partial charge in [-0.15, -0.1) is 11.3 Å². The number of nitrogens with zero attached hydrogens (tertiary/aromatic N) is 3. The van der Waals surface area contributed by atoms with Crippen molar-refractivity contribution in [3.63, 3.8) is 0 Å². The van der Waals surface area contributed by atoms with Crippen molar-refractivity contribution in [3.05, 3.63) is 50.8 Å². The first-order valence-electron chi connectivity index (χ1n) is 7.38. The third-order valence-corrected chi connectivity index (χ3v) is 4.68. The fourth-order valence-electron chi connectivity index (χ4n) is 2.54. The molecule has 3 rings (SSSR count). The average molecular weight is 330 g/mol. The van der Waals surface area contributed by atoms with E-state index in [4.69, 9.17) is 0 Å². The molecule has 0 aliphatic carbocycles. The van der Waals surface area contributed by atoms with Gasteiger partial charge in [0.25, 0.3) is 0 Å². The normalized spacial score (nSPS) is 11.0. The second-order valence-electron chi connectivity index (χ2n) is 5.39. The Morgan fingerprint density at radius 3 is 2.74 bits per heavy atom. The van der Waals surface area contributed by atoms with Crippen molar-refractivity contribution in [2.75, 3.05) is 0 Å². The van der Waals surface area contributed by atoms with E-state index >= 15 is 0 Å². The predicted octanol–water partition coefficient (Wildman–Crippen LogP) is 1.81. The van der Waals surface area contributed by atoms with Crippen LogP contribution in [0.2, 0.25) is 0 Å². The molecule has 0 aliphatic heterocycles. The molecule has 1 amide bonds. The van der Waals surface area contributed by atoms with Crippen LogP contribution in [0, 0.1) is 6.92 Å². The number of hydrogen-bond donors (Lipinski definition) is 1. The molecule has 7 heteroatoms. The second kappa shape index (κ2) is 6.37. The van der Waals surface area contributed by atoms with E-state index in [0.717, 1.165) is 21.7 Å². The first-order chi connectivity index (χ1) is 11.1. The van der Waals surface area contributed by atoms with Gasteiger partial charge in [0, 0.05) is 31.1 Å². The molecule has 0 radical (unpaired) electrons. The minimum Gasteiger partial charge on any atom is -0.350 e.